The lowest BCUT2D eigenvalue weighted by Gasteiger charge is -2.08. The predicted octanol–water partition coefficient (Wildman–Crippen LogP) is 1.74. The summed E-state index contributed by atoms with van der Waals surface area (Å²) < 4.78 is 24.3. The smallest absolute Gasteiger partial charge is 0.232 e. The van der Waals surface area contributed by atoms with E-state index in [9.17, 15) is 13.8 Å². The van der Waals surface area contributed by atoms with Crippen molar-refractivity contribution in [3.05, 3.63) is 30.1 Å². The highest BCUT2D eigenvalue weighted by molar-refractivity contribution is 7.66. The minimum absolute atomic E-state index is 0.0634. The van der Waals surface area contributed by atoms with Gasteiger partial charge in [0.15, 0.2) is 0 Å². The maximum absolute atomic E-state index is 12.9. The third-order valence-corrected chi connectivity index (χ3v) is 3.63. The van der Waals surface area contributed by atoms with Gasteiger partial charge in [-0.05, 0) is 12.1 Å². The van der Waals surface area contributed by atoms with Gasteiger partial charge in [-0.1, -0.05) is 19.1 Å². The summed E-state index contributed by atoms with van der Waals surface area (Å²) in [5, 5.41) is -0.0764. The highest BCUT2D eigenvalue weighted by Gasteiger charge is 2.21. The van der Waals surface area contributed by atoms with Crippen molar-refractivity contribution in [2.45, 2.75) is 6.92 Å². The topological polar surface area (TPSA) is 37.3 Å². The van der Waals surface area contributed by atoms with Crippen LogP contribution in [0.4, 0.5) is 4.39 Å². The molecule has 1 atom stereocenters. The molecule has 0 aliphatic carbocycles. The molecule has 0 amide bonds. The summed E-state index contributed by atoms with van der Waals surface area (Å²) in [7, 11) is -3.44. The van der Waals surface area contributed by atoms with Gasteiger partial charge in [0.25, 0.3) is 0 Å². The fourth-order valence-electron chi connectivity index (χ4n) is 0.905. The largest absolute Gasteiger partial charge is 0.341 e. The monoisotopic (exact) mass is 188 g/mol. The van der Waals surface area contributed by atoms with Crippen LogP contribution in [0.3, 0.4) is 0 Å². The Kier molecular flexibility index (Phi) is 2.65. The molecule has 0 spiro atoms. The minimum Gasteiger partial charge on any atom is -0.341 e. The Morgan fingerprint density at radius 2 is 2.08 bits per heavy atom. The molecule has 0 saturated carbocycles. The van der Waals surface area contributed by atoms with Gasteiger partial charge in [0.1, 0.15) is 5.82 Å². The second-order valence-corrected chi connectivity index (χ2v) is 4.99. The van der Waals surface area contributed by atoms with Crippen LogP contribution in [0.1, 0.15) is 6.92 Å². The van der Waals surface area contributed by atoms with Crippen molar-refractivity contribution in [3.63, 3.8) is 0 Å². The van der Waals surface area contributed by atoms with Crippen LogP contribution in [0.15, 0.2) is 24.3 Å². The predicted molar refractivity (Wildman–Crippen MR) is 46.4 cm³/mol. The standard InChI is InChI=1S/C8H10FO2P/c1-2-12(10,11)8-6-4-3-5-7(8)9/h3-6H,2H2,1H3,(H,10,11). The highest BCUT2D eigenvalue weighted by Crippen LogP contribution is 2.38. The Morgan fingerprint density at radius 3 is 2.58 bits per heavy atom. The first kappa shape index (κ1) is 9.43. The summed E-state index contributed by atoms with van der Waals surface area (Å²) in [4.78, 5) is 9.29. The van der Waals surface area contributed by atoms with Crippen molar-refractivity contribution >= 4 is 12.7 Å². The molecular formula is C8H10FO2P. The molecule has 4 heteroatoms. The zero-order valence-electron chi connectivity index (χ0n) is 6.70. The van der Waals surface area contributed by atoms with Crippen molar-refractivity contribution < 1.29 is 13.8 Å². The molecule has 1 aromatic rings. The van der Waals surface area contributed by atoms with E-state index in [1.54, 1.807) is 13.0 Å². The summed E-state index contributed by atoms with van der Waals surface area (Å²) in [6.45, 7) is 1.56. The van der Waals surface area contributed by atoms with Gasteiger partial charge in [-0.25, -0.2) is 4.39 Å². The zero-order valence-corrected chi connectivity index (χ0v) is 7.59. The van der Waals surface area contributed by atoms with Crippen LogP contribution in [-0.2, 0) is 4.57 Å². The average molecular weight is 188 g/mol. The summed E-state index contributed by atoms with van der Waals surface area (Å²) in [5.41, 5.74) is 0. The molecular weight excluding hydrogens is 178 g/mol. The fraction of sp³-hybridized carbons (Fsp3) is 0.250. The number of rotatable bonds is 2. The summed E-state index contributed by atoms with van der Waals surface area (Å²) >= 11 is 0. The third-order valence-electron chi connectivity index (χ3n) is 1.66. The number of halogens is 1. The normalized spacial score (nSPS) is 15.6. The van der Waals surface area contributed by atoms with Gasteiger partial charge in [-0.2, -0.15) is 0 Å². The van der Waals surface area contributed by atoms with Crippen LogP contribution in [0, 0.1) is 5.82 Å². The number of benzene rings is 1. The highest BCUT2D eigenvalue weighted by atomic mass is 31.2. The van der Waals surface area contributed by atoms with Crippen LogP contribution in [0.25, 0.3) is 0 Å². The fourth-order valence-corrected chi connectivity index (χ4v) is 1.97. The Labute approximate surface area is 70.5 Å². The minimum atomic E-state index is -3.44. The molecule has 0 radical (unpaired) electrons. The van der Waals surface area contributed by atoms with Crippen molar-refractivity contribution in [3.8, 4) is 0 Å². The first-order chi connectivity index (χ1) is 5.58. The quantitative estimate of drug-likeness (QED) is 0.718. The first-order valence-electron chi connectivity index (χ1n) is 3.65. The van der Waals surface area contributed by atoms with Crippen LogP contribution in [0.2, 0.25) is 0 Å². The molecule has 1 rings (SSSR count). The van der Waals surface area contributed by atoms with Crippen LogP contribution < -0.4 is 5.30 Å². The van der Waals surface area contributed by atoms with E-state index in [-0.39, 0.29) is 11.5 Å². The van der Waals surface area contributed by atoms with Crippen molar-refractivity contribution in [1.29, 1.82) is 0 Å². The summed E-state index contributed by atoms with van der Waals surface area (Å²) in [5.74, 6) is -0.606. The number of hydrogen-bond acceptors (Lipinski definition) is 1. The van der Waals surface area contributed by atoms with E-state index in [0.29, 0.717) is 0 Å². The average Bonchev–Trinajstić information content (AvgIpc) is 2.05. The maximum atomic E-state index is 12.9. The van der Waals surface area contributed by atoms with Gasteiger partial charge >= 0.3 is 0 Å². The Hall–Kier alpha value is -0.660. The van der Waals surface area contributed by atoms with E-state index in [4.69, 9.17) is 0 Å². The van der Waals surface area contributed by atoms with Gasteiger partial charge in [0, 0.05) is 6.16 Å². The van der Waals surface area contributed by atoms with E-state index in [0.717, 1.165) is 0 Å². The molecule has 0 saturated heterocycles. The lowest BCUT2D eigenvalue weighted by atomic mass is 10.3. The zero-order chi connectivity index (χ0) is 9.19. The van der Waals surface area contributed by atoms with Crippen molar-refractivity contribution in [1.82, 2.24) is 0 Å². The van der Waals surface area contributed by atoms with Crippen molar-refractivity contribution in [2.75, 3.05) is 6.16 Å². The van der Waals surface area contributed by atoms with Crippen LogP contribution >= 0.6 is 7.37 Å². The van der Waals surface area contributed by atoms with Crippen molar-refractivity contribution in [2.24, 2.45) is 0 Å². The molecule has 0 bridgehead atoms. The molecule has 1 N–H and O–H groups in total. The number of hydrogen-bond donors (Lipinski definition) is 1. The summed E-state index contributed by atoms with van der Waals surface area (Å²) in [6, 6.07) is 5.58. The molecule has 0 fully saturated rings. The van der Waals surface area contributed by atoms with Gasteiger partial charge < -0.3 is 4.89 Å². The first-order valence-corrected chi connectivity index (χ1v) is 5.49. The summed E-state index contributed by atoms with van der Waals surface area (Å²) in [6.07, 6.45) is 0.0634. The molecule has 0 heterocycles. The third kappa shape index (κ3) is 1.74. The lowest BCUT2D eigenvalue weighted by Crippen LogP contribution is -2.10. The SMILES string of the molecule is CCP(=O)(O)c1ccccc1F. The molecule has 0 aliphatic rings. The lowest BCUT2D eigenvalue weighted by molar-refractivity contribution is 0.488. The molecule has 1 unspecified atom stereocenters. The molecule has 1 aromatic carbocycles. The van der Waals surface area contributed by atoms with Crippen LogP contribution in [-0.4, -0.2) is 11.1 Å². The van der Waals surface area contributed by atoms with Crippen LogP contribution in [0.5, 0.6) is 0 Å². The van der Waals surface area contributed by atoms with E-state index in [1.807, 2.05) is 0 Å². The van der Waals surface area contributed by atoms with Gasteiger partial charge in [-0.3, -0.25) is 4.57 Å². The Morgan fingerprint density at radius 1 is 1.50 bits per heavy atom. The van der Waals surface area contributed by atoms with Gasteiger partial charge in [-0.15, -0.1) is 0 Å². The van der Waals surface area contributed by atoms with E-state index >= 15 is 0 Å². The molecule has 0 aromatic heterocycles. The Balaban J connectivity index is 3.20. The molecule has 2 nitrogen and oxygen atoms in total. The Bertz CT molecular complexity index is 325. The molecule has 66 valence electrons. The van der Waals surface area contributed by atoms with Gasteiger partial charge in [0.2, 0.25) is 7.37 Å². The van der Waals surface area contributed by atoms with E-state index < -0.39 is 13.2 Å². The van der Waals surface area contributed by atoms with E-state index in [1.165, 1.54) is 18.2 Å². The second-order valence-electron chi connectivity index (χ2n) is 2.47. The van der Waals surface area contributed by atoms with E-state index in [2.05, 4.69) is 0 Å². The van der Waals surface area contributed by atoms with Gasteiger partial charge in [0.05, 0.1) is 5.30 Å². The second kappa shape index (κ2) is 3.38. The molecule has 12 heavy (non-hydrogen) atoms. The maximum Gasteiger partial charge on any atom is 0.232 e. The molecule has 0 aliphatic heterocycles.